The summed E-state index contributed by atoms with van der Waals surface area (Å²) in [5, 5.41) is 0. The predicted molar refractivity (Wildman–Crippen MR) is 79.0 cm³/mol. The van der Waals surface area contributed by atoms with Crippen LogP contribution in [-0.2, 0) is 6.54 Å². The minimum atomic E-state index is -0.190. The quantitative estimate of drug-likeness (QED) is 0.506. The van der Waals surface area contributed by atoms with Crippen molar-refractivity contribution in [3.05, 3.63) is 21.4 Å². The highest BCUT2D eigenvalue weighted by Crippen LogP contribution is 2.27. The minimum absolute atomic E-state index is 0.190. The largest absolute Gasteiger partial charge is 0.296 e. The number of nitrogen functional groups attached to an aromatic ring is 1. The van der Waals surface area contributed by atoms with Crippen molar-refractivity contribution in [1.82, 2.24) is 10.3 Å². The number of amides is 1. The van der Waals surface area contributed by atoms with Gasteiger partial charge in [-0.3, -0.25) is 15.1 Å². The van der Waals surface area contributed by atoms with Crippen LogP contribution < -0.4 is 11.3 Å². The van der Waals surface area contributed by atoms with E-state index in [9.17, 15) is 4.79 Å². The fourth-order valence-corrected chi connectivity index (χ4v) is 3.75. The van der Waals surface area contributed by atoms with Crippen LogP contribution in [0, 0.1) is 6.92 Å². The zero-order valence-corrected chi connectivity index (χ0v) is 12.6. The van der Waals surface area contributed by atoms with Crippen molar-refractivity contribution in [2.24, 2.45) is 5.84 Å². The Labute approximate surface area is 118 Å². The number of carbonyl (C=O) groups excluding carboxylic acids is 1. The molecule has 2 heterocycles. The van der Waals surface area contributed by atoms with E-state index in [2.05, 4.69) is 24.2 Å². The van der Waals surface area contributed by atoms with E-state index in [4.69, 9.17) is 5.84 Å². The number of aryl methyl sites for hydroxylation is 1. The zero-order valence-electron chi connectivity index (χ0n) is 11.7. The van der Waals surface area contributed by atoms with E-state index in [0.717, 1.165) is 6.54 Å². The van der Waals surface area contributed by atoms with Gasteiger partial charge in [-0.25, -0.2) is 5.84 Å². The summed E-state index contributed by atoms with van der Waals surface area (Å²) >= 11 is 1.53. The number of thiophene rings is 1. The van der Waals surface area contributed by atoms with Crippen LogP contribution in [-0.4, -0.2) is 23.4 Å². The Kier molecular flexibility index (Phi) is 4.96. The molecule has 1 aliphatic heterocycles. The van der Waals surface area contributed by atoms with Crippen molar-refractivity contribution in [3.8, 4) is 0 Å². The van der Waals surface area contributed by atoms with Gasteiger partial charge >= 0.3 is 0 Å². The Balaban J connectivity index is 2.09. The van der Waals surface area contributed by atoms with Crippen LogP contribution in [0.25, 0.3) is 0 Å². The molecular formula is C14H23N3OS. The fourth-order valence-electron chi connectivity index (χ4n) is 2.81. The molecule has 1 fully saturated rings. The molecule has 0 saturated carbocycles. The Bertz CT molecular complexity index is 444. The first-order valence-corrected chi connectivity index (χ1v) is 7.81. The highest BCUT2D eigenvalue weighted by molar-refractivity contribution is 7.14. The molecule has 0 aliphatic carbocycles. The molecule has 0 radical (unpaired) electrons. The number of nitrogens with one attached hydrogen (secondary N) is 1. The SMILES string of the molecule is CCC1CCCCN1Cc1cc(C(=O)NN)sc1C. The Hall–Kier alpha value is -0.910. The van der Waals surface area contributed by atoms with E-state index in [1.807, 2.05) is 6.07 Å². The van der Waals surface area contributed by atoms with Crippen molar-refractivity contribution < 1.29 is 4.79 Å². The summed E-state index contributed by atoms with van der Waals surface area (Å²) in [6.45, 7) is 6.47. The molecule has 1 saturated heterocycles. The summed E-state index contributed by atoms with van der Waals surface area (Å²) in [6.07, 6.45) is 5.14. The lowest BCUT2D eigenvalue weighted by atomic mass is 9.99. The maximum absolute atomic E-state index is 11.6. The van der Waals surface area contributed by atoms with Gasteiger partial charge < -0.3 is 0 Å². The topological polar surface area (TPSA) is 58.4 Å². The number of nitrogens with two attached hydrogens (primary N) is 1. The number of piperidine rings is 1. The van der Waals surface area contributed by atoms with E-state index in [-0.39, 0.29) is 5.91 Å². The van der Waals surface area contributed by atoms with Crippen LogP contribution in [0.3, 0.4) is 0 Å². The molecule has 106 valence electrons. The van der Waals surface area contributed by atoms with Crippen LogP contribution in [0.4, 0.5) is 0 Å². The molecule has 1 aliphatic rings. The molecule has 3 N–H and O–H groups in total. The van der Waals surface area contributed by atoms with Gasteiger partial charge in [-0.2, -0.15) is 0 Å². The summed E-state index contributed by atoms with van der Waals surface area (Å²) in [7, 11) is 0. The van der Waals surface area contributed by atoms with E-state index in [1.165, 1.54) is 54.0 Å². The number of rotatable bonds is 4. The van der Waals surface area contributed by atoms with E-state index in [0.29, 0.717) is 10.9 Å². The third kappa shape index (κ3) is 3.35. The van der Waals surface area contributed by atoms with Gasteiger partial charge in [0.1, 0.15) is 0 Å². The molecule has 5 heteroatoms. The smallest absolute Gasteiger partial charge is 0.275 e. The second-order valence-electron chi connectivity index (χ2n) is 5.19. The number of hydrogen-bond donors (Lipinski definition) is 2. The number of hydrogen-bond acceptors (Lipinski definition) is 4. The highest BCUT2D eigenvalue weighted by Gasteiger charge is 2.22. The molecular weight excluding hydrogens is 258 g/mol. The van der Waals surface area contributed by atoms with Gasteiger partial charge in [0, 0.05) is 17.5 Å². The first kappa shape index (κ1) is 14.5. The van der Waals surface area contributed by atoms with Gasteiger partial charge in [0.25, 0.3) is 5.91 Å². The first-order chi connectivity index (χ1) is 9.15. The summed E-state index contributed by atoms with van der Waals surface area (Å²) in [4.78, 5) is 16.0. The molecule has 19 heavy (non-hydrogen) atoms. The monoisotopic (exact) mass is 281 g/mol. The van der Waals surface area contributed by atoms with E-state index < -0.39 is 0 Å². The molecule has 1 aromatic heterocycles. The van der Waals surface area contributed by atoms with Gasteiger partial charge in [0.05, 0.1) is 4.88 Å². The number of likely N-dealkylation sites (tertiary alicyclic amines) is 1. The summed E-state index contributed by atoms with van der Waals surface area (Å²) in [5.41, 5.74) is 3.47. The van der Waals surface area contributed by atoms with Gasteiger partial charge in [0.15, 0.2) is 0 Å². The van der Waals surface area contributed by atoms with Crippen LogP contribution in [0.1, 0.15) is 52.7 Å². The fraction of sp³-hybridized carbons (Fsp3) is 0.643. The van der Waals surface area contributed by atoms with Crippen LogP contribution in [0.15, 0.2) is 6.07 Å². The summed E-state index contributed by atoms with van der Waals surface area (Å²) in [5.74, 6) is 5.00. The van der Waals surface area contributed by atoms with Gasteiger partial charge in [-0.1, -0.05) is 13.3 Å². The summed E-state index contributed by atoms with van der Waals surface area (Å²) in [6, 6.07) is 2.68. The highest BCUT2D eigenvalue weighted by atomic mass is 32.1. The number of hydrazine groups is 1. The van der Waals surface area contributed by atoms with E-state index >= 15 is 0 Å². The average molecular weight is 281 g/mol. The third-order valence-corrected chi connectivity index (χ3v) is 5.06. The van der Waals surface area contributed by atoms with Crippen molar-refractivity contribution in [2.75, 3.05) is 6.54 Å². The molecule has 2 rings (SSSR count). The standard InChI is InChI=1S/C14H23N3OS/c1-3-12-6-4-5-7-17(12)9-11-8-13(14(18)16-15)19-10(11)2/h8,12H,3-7,9,15H2,1-2H3,(H,16,18). The van der Waals surface area contributed by atoms with Gasteiger partial charge in [-0.05, 0) is 44.4 Å². The normalized spacial score (nSPS) is 20.5. The molecule has 0 spiro atoms. The predicted octanol–water partition coefficient (Wildman–Crippen LogP) is 2.42. The van der Waals surface area contributed by atoms with Crippen LogP contribution in [0.5, 0.6) is 0 Å². The Morgan fingerprint density at radius 1 is 1.58 bits per heavy atom. The summed E-state index contributed by atoms with van der Waals surface area (Å²) < 4.78 is 0. The van der Waals surface area contributed by atoms with Crippen molar-refractivity contribution in [3.63, 3.8) is 0 Å². The lowest BCUT2D eigenvalue weighted by Gasteiger charge is -2.35. The molecule has 4 nitrogen and oxygen atoms in total. The Morgan fingerprint density at radius 2 is 2.37 bits per heavy atom. The molecule has 1 amide bonds. The molecule has 1 aromatic rings. The number of carbonyl (C=O) groups is 1. The van der Waals surface area contributed by atoms with Crippen LogP contribution in [0.2, 0.25) is 0 Å². The number of nitrogens with zero attached hydrogens (tertiary/aromatic N) is 1. The second kappa shape index (κ2) is 6.50. The van der Waals surface area contributed by atoms with Crippen molar-refractivity contribution >= 4 is 17.2 Å². The van der Waals surface area contributed by atoms with Crippen molar-refractivity contribution in [2.45, 2.75) is 52.1 Å². The van der Waals surface area contributed by atoms with E-state index in [1.54, 1.807) is 0 Å². The minimum Gasteiger partial charge on any atom is -0.296 e. The van der Waals surface area contributed by atoms with Crippen LogP contribution >= 0.6 is 11.3 Å². The lowest BCUT2D eigenvalue weighted by Crippen LogP contribution is -2.38. The third-order valence-electron chi connectivity index (χ3n) is 3.97. The van der Waals surface area contributed by atoms with Crippen molar-refractivity contribution in [1.29, 1.82) is 0 Å². The molecule has 0 aromatic carbocycles. The lowest BCUT2D eigenvalue weighted by molar-refractivity contribution is 0.0957. The molecule has 0 bridgehead atoms. The average Bonchev–Trinajstić information content (AvgIpc) is 2.80. The first-order valence-electron chi connectivity index (χ1n) is 7.00. The maximum Gasteiger partial charge on any atom is 0.275 e. The van der Waals surface area contributed by atoms with Gasteiger partial charge in [0.2, 0.25) is 0 Å². The molecule has 1 unspecified atom stereocenters. The maximum atomic E-state index is 11.6. The van der Waals surface area contributed by atoms with Gasteiger partial charge in [-0.15, -0.1) is 11.3 Å². The second-order valence-corrected chi connectivity index (χ2v) is 6.45. The zero-order chi connectivity index (χ0) is 13.8. The Morgan fingerprint density at radius 3 is 3.05 bits per heavy atom. The molecule has 1 atom stereocenters.